The minimum atomic E-state index is -5.50. The van der Waals surface area contributed by atoms with E-state index in [-0.39, 0.29) is 104 Å². The van der Waals surface area contributed by atoms with Crippen LogP contribution < -0.4 is 31.9 Å². The zero-order chi connectivity index (χ0) is 65.0. The van der Waals surface area contributed by atoms with Gasteiger partial charge in [-0.3, -0.25) is 0 Å². The summed E-state index contributed by atoms with van der Waals surface area (Å²) in [6.07, 6.45) is 0. The maximum Gasteiger partial charge on any atom is 2.00 e. The number of aliphatic hydroxyl groups is 8. The number of benzene rings is 6. The molecule has 6 aromatic carbocycles. The Balaban J connectivity index is -0.000000619. The number of nitrogen functional groups attached to an aromatic ring is 2. The van der Waals surface area contributed by atoms with Crippen LogP contribution in [0.2, 0.25) is 0 Å². The van der Waals surface area contributed by atoms with E-state index >= 15 is 0 Å². The molecular formula is C48H60Cu2N10O24S4-4. The van der Waals surface area contributed by atoms with Gasteiger partial charge in [0.15, 0.2) is 0 Å². The fourth-order valence-electron chi connectivity index (χ4n) is 6.58. The number of anilines is 2. The van der Waals surface area contributed by atoms with Crippen LogP contribution in [0.25, 0.3) is 53.9 Å². The molecule has 0 aromatic heterocycles. The van der Waals surface area contributed by atoms with Gasteiger partial charge in [-0.05, 0) is 81.2 Å². The zero-order valence-corrected chi connectivity index (χ0v) is 50.5. The molecule has 0 aliphatic rings. The third kappa shape index (κ3) is 26.2. The number of azo groups is 2. The predicted molar refractivity (Wildman–Crippen MR) is 300 cm³/mol. The van der Waals surface area contributed by atoms with Gasteiger partial charge in [0.25, 0.3) is 0 Å². The summed E-state index contributed by atoms with van der Waals surface area (Å²) in [7, 11) is -21.3. The number of aliphatic hydroxyl groups excluding tert-OH is 8. The quantitative estimate of drug-likeness (QED) is 0.0112. The first kappa shape index (κ1) is 82.0. The Hall–Kier alpha value is -5.96. The van der Waals surface area contributed by atoms with Gasteiger partial charge in [-0.2, -0.15) is 10.2 Å². The van der Waals surface area contributed by atoms with Gasteiger partial charge < -0.3 is 112 Å². The third-order valence-electron chi connectivity index (χ3n) is 10.2. The summed E-state index contributed by atoms with van der Waals surface area (Å²) in [5.74, 6) is -4.43. The molecule has 0 amide bonds. The van der Waals surface area contributed by atoms with Crippen molar-refractivity contribution in [2.75, 3.05) is 117 Å². The van der Waals surface area contributed by atoms with E-state index < -0.39 is 139 Å². The third-order valence-corrected chi connectivity index (χ3v) is 13.5. The van der Waals surface area contributed by atoms with Crippen LogP contribution in [0.5, 0.6) is 23.0 Å². The van der Waals surface area contributed by atoms with Gasteiger partial charge in [0.2, 0.25) is 0 Å². The molecule has 12 N–H and O–H groups in total. The van der Waals surface area contributed by atoms with Crippen LogP contribution in [0.4, 0.5) is 34.1 Å². The van der Waals surface area contributed by atoms with Gasteiger partial charge in [-0.1, -0.05) is 47.3 Å². The topological polar surface area (TPSA) is 641 Å². The van der Waals surface area contributed by atoms with Crippen LogP contribution in [0.1, 0.15) is 5.71 Å². The molecule has 40 heteroatoms. The smallest absolute Gasteiger partial charge is 0.871 e. The molecule has 6 rings (SSSR count). The summed E-state index contributed by atoms with van der Waals surface area (Å²) >= 11 is 0. The van der Waals surface area contributed by atoms with Gasteiger partial charge >= 0.3 is 39.8 Å². The van der Waals surface area contributed by atoms with Crippen molar-refractivity contribution in [3.8, 4) is 34.1 Å². The summed E-state index contributed by atoms with van der Waals surface area (Å²) in [4.78, 5) is -4.38. The number of nitrogens with two attached hydrogens (primary N) is 2. The fourth-order valence-corrected chi connectivity index (χ4v) is 8.95. The molecule has 0 aliphatic heterocycles. The van der Waals surface area contributed by atoms with Gasteiger partial charge in [0, 0.05) is 64.2 Å². The molecule has 88 heavy (non-hydrogen) atoms. The molecule has 0 spiro atoms. The van der Waals surface area contributed by atoms with Crippen molar-refractivity contribution >= 4 is 96.1 Å². The molecule has 0 bridgehead atoms. The molecule has 0 heterocycles. The van der Waals surface area contributed by atoms with Crippen molar-refractivity contribution in [2.45, 2.75) is 19.6 Å². The van der Waals surface area contributed by atoms with Gasteiger partial charge in [-0.15, -0.1) is 62.6 Å². The largest absolute Gasteiger partial charge is 2.00 e. The number of rotatable bonds is 25. The Kier molecular flexibility index (Phi) is 37.2. The number of nitrogens with zero attached hydrogens (tertiary/aromatic N) is 8. The number of fused-ring (bicyclic) bond motifs is 2. The minimum absolute atomic E-state index is 0. The molecule has 0 saturated heterocycles. The molecule has 6 aromatic rings. The fraction of sp³-hybridized carbons (Fsp3) is 0.333. The second-order valence-electron chi connectivity index (χ2n) is 16.4. The van der Waals surface area contributed by atoms with Crippen molar-refractivity contribution in [3.05, 3.63) is 94.1 Å². The van der Waals surface area contributed by atoms with E-state index in [2.05, 4.69) is 41.7 Å². The van der Waals surface area contributed by atoms with E-state index in [0.717, 1.165) is 24.3 Å². The van der Waals surface area contributed by atoms with Crippen molar-refractivity contribution < 1.29 is 153 Å². The Bertz CT molecular complexity index is 3480. The van der Waals surface area contributed by atoms with E-state index in [0.29, 0.717) is 88.8 Å². The molecule has 0 saturated carbocycles. The van der Waals surface area contributed by atoms with E-state index in [1.54, 1.807) is 0 Å². The van der Waals surface area contributed by atoms with Crippen LogP contribution in [-0.2, 0) is 74.6 Å². The van der Waals surface area contributed by atoms with Crippen molar-refractivity contribution in [1.82, 2.24) is 0 Å². The maximum absolute atomic E-state index is 13.2. The normalized spacial score (nSPS) is 11.5. The number of hydrogen-bond donors (Lipinski definition) is 10. The molecule has 496 valence electrons. The minimum Gasteiger partial charge on any atom is -0.871 e. The first-order chi connectivity index (χ1) is 40.4. The van der Waals surface area contributed by atoms with Crippen LogP contribution in [-0.4, -0.2) is 198 Å². The summed E-state index contributed by atoms with van der Waals surface area (Å²) in [6, 6.07) is 10.1. The number of hydrogen-bond acceptors (Lipinski definition) is 30. The molecule has 0 fully saturated rings. The van der Waals surface area contributed by atoms with E-state index in [4.69, 9.17) is 52.3 Å². The van der Waals surface area contributed by atoms with E-state index in [1.807, 2.05) is 0 Å². The monoisotopic (exact) mass is 1410 g/mol. The van der Waals surface area contributed by atoms with Crippen LogP contribution in [0.15, 0.2) is 113 Å². The first-order valence-corrected chi connectivity index (χ1v) is 29.9. The Morgan fingerprint density at radius 2 is 0.648 bits per heavy atom. The van der Waals surface area contributed by atoms with Gasteiger partial charge in [0.05, 0.1) is 42.3 Å². The average molecular weight is 1420 g/mol. The molecule has 0 aliphatic carbocycles. The second kappa shape index (κ2) is 39.9. The van der Waals surface area contributed by atoms with Gasteiger partial charge in [-0.25, -0.2) is 33.7 Å². The average Bonchev–Trinajstić information content (AvgIpc) is 0.771. The Labute approximate surface area is 531 Å². The summed E-state index contributed by atoms with van der Waals surface area (Å²) in [5.41, 5.74) is 7.32. The standard InChI is InChI=1S/C32H24N6O16S4.4C4H10NO2.2Cu/c33-19-11-17(55(43,44)45)5-15-9-25(57(49,50)51)29(31(41)27(15)19)37-35-21-3-1-13(7-23(21)39)14-2-4-22(24(40)8-14)36-38-30-26(58(52,53)54)10-16-6-18(56(46,47)48)12-20(34)28(16)32(30)42;4*6-3-1-5-2-4-7;;/h1-12,39-42H,33-34H2,(H,43,44,45)(H,46,47,48)(H,49,50,51)(H,52,53,54);4*6-7H,1-4H2;;/q;4*-1;2*+2/p-4. The van der Waals surface area contributed by atoms with E-state index in [9.17, 15) is 72.3 Å². The van der Waals surface area contributed by atoms with Crippen LogP contribution >= 0.6 is 0 Å². The Morgan fingerprint density at radius 3 is 0.864 bits per heavy atom. The van der Waals surface area contributed by atoms with Crippen molar-refractivity contribution in [3.63, 3.8) is 0 Å². The molecule has 34 nitrogen and oxygen atoms in total. The molecule has 0 atom stereocenters. The first-order valence-electron chi connectivity index (χ1n) is 24.3. The maximum atomic E-state index is 13.2. The predicted octanol–water partition coefficient (Wildman–Crippen LogP) is -0.610. The molecule has 2 radical (unpaired) electrons. The van der Waals surface area contributed by atoms with Crippen LogP contribution in [0, 0.1) is 0 Å². The zero-order valence-electron chi connectivity index (χ0n) is 49.3. The molecular weight excluding hydrogens is 1360 g/mol. The van der Waals surface area contributed by atoms with Gasteiger partial charge in [0.1, 0.15) is 40.5 Å². The SMILES string of the molecule is Nc1cc(S(=O)(=O)[O-])cc2cc(S(=O)(=O)[O-])c(N=Nc3ccc(-c4ccc(N=Nc5c(S(=O)(=O)[O-])cc6cc(S(=O)(=O)[O-])cc(N)c6c5[O-])c([O-])c4)cc3[O-])c([O-])c12.OCC[N-]CCO.OCC[N-]CCO.OCC[N-]CCO.OCC[N-]CCO.[Cu+2].[Cu+2].[H+].[H+].[H+].[H+]. The Morgan fingerprint density at radius 1 is 0.386 bits per heavy atom. The van der Waals surface area contributed by atoms with Crippen LogP contribution in [0.3, 0.4) is 0 Å². The summed E-state index contributed by atoms with van der Waals surface area (Å²) in [6.45, 7) is 4.23. The second-order valence-corrected chi connectivity index (χ2v) is 21.8. The van der Waals surface area contributed by atoms with Crippen molar-refractivity contribution in [2.24, 2.45) is 20.5 Å². The van der Waals surface area contributed by atoms with E-state index in [1.165, 1.54) is 12.1 Å². The summed E-state index contributed by atoms with van der Waals surface area (Å²) < 4.78 is 141. The molecule has 0 unspecified atom stereocenters. The van der Waals surface area contributed by atoms with Crippen molar-refractivity contribution in [1.29, 1.82) is 0 Å². The summed E-state index contributed by atoms with van der Waals surface area (Å²) in [5, 5.41) is 144.